The van der Waals surface area contributed by atoms with Crippen LogP contribution in [0, 0.1) is 12.8 Å². The Labute approximate surface area is 114 Å². The highest BCUT2D eigenvalue weighted by Crippen LogP contribution is 2.21. The van der Waals surface area contributed by atoms with Crippen molar-refractivity contribution in [2.45, 2.75) is 46.2 Å². The van der Waals surface area contributed by atoms with Gasteiger partial charge in [0.1, 0.15) is 0 Å². The van der Waals surface area contributed by atoms with Crippen molar-refractivity contribution in [2.75, 3.05) is 13.1 Å². The number of hydrogen-bond donors (Lipinski definition) is 2. The number of aromatic amines is 1. The van der Waals surface area contributed by atoms with Crippen LogP contribution in [0.1, 0.15) is 37.9 Å². The second-order valence-corrected chi connectivity index (χ2v) is 5.43. The van der Waals surface area contributed by atoms with Crippen molar-refractivity contribution in [3.05, 3.63) is 17.5 Å². The van der Waals surface area contributed by atoms with E-state index in [1.165, 1.54) is 5.56 Å². The van der Waals surface area contributed by atoms with E-state index in [2.05, 4.69) is 22.4 Å². The van der Waals surface area contributed by atoms with Crippen LogP contribution in [0.3, 0.4) is 0 Å². The van der Waals surface area contributed by atoms with Gasteiger partial charge in [0.05, 0.1) is 6.20 Å². The maximum atomic E-state index is 11.4. The molecule has 0 bridgehead atoms. The summed E-state index contributed by atoms with van der Waals surface area (Å²) in [7, 11) is 0. The maximum absolute atomic E-state index is 11.4. The van der Waals surface area contributed by atoms with Crippen LogP contribution in [0.2, 0.25) is 0 Å². The fraction of sp³-hybridized carbons (Fsp3) is 0.714. The van der Waals surface area contributed by atoms with Gasteiger partial charge in [-0.1, -0.05) is 13.3 Å². The molecule has 1 amide bonds. The number of aromatic nitrogens is 2. The molecule has 1 aliphatic rings. The summed E-state index contributed by atoms with van der Waals surface area (Å²) >= 11 is 0. The number of likely N-dealkylation sites (tertiary alicyclic amines) is 1. The third kappa shape index (κ3) is 3.35. The molecule has 0 aromatic carbocycles. The molecular weight excluding hydrogens is 240 g/mol. The second-order valence-electron chi connectivity index (χ2n) is 5.43. The first-order chi connectivity index (χ1) is 9.11. The van der Waals surface area contributed by atoms with E-state index in [1.54, 1.807) is 6.92 Å². The Kier molecular flexibility index (Phi) is 4.58. The van der Waals surface area contributed by atoms with E-state index in [1.807, 2.05) is 18.0 Å². The first-order valence-corrected chi connectivity index (χ1v) is 7.09. The van der Waals surface area contributed by atoms with Crippen molar-refractivity contribution in [1.82, 2.24) is 20.4 Å². The van der Waals surface area contributed by atoms with Crippen LogP contribution in [0.4, 0.5) is 0 Å². The number of nitrogens with one attached hydrogen (secondary N) is 2. The fourth-order valence-corrected chi connectivity index (χ4v) is 2.80. The number of hydrogen-bond acceptors (Lipinski definition) is 3. The monoisotopic (exact) mass is 264 g/mol. The van der Waals surface area contributed by atoms with Gasteiger partial charge in [0.15, 0.2) is 0 Å². The number of H-pyrrole nitrogens is 1. The molecule has 0 aliphatic carbocycles. The lowest BCUT2D eigenvalue weighted by atomic mass is 9.89. The first-order valence-electron chi connectivity index (χ1n) is 7.09. The van der Waals surface area contributed by atoms with Crippen LogP contribution in [-0.4, -0.2) is 40.1 Å². The molecule has 2 N–H and O–H groups in total. The fourth-order valence-electron chi connectivity index (χ4n) is 2.80. The number of nitrogens with zero attached hydrogens (tertiary/aromatic N) is 2. The van der Waals surface area contributed by atoms with Gasteiger partial charge < -0.3 is 10.2 Å². The lowest BCUT2D eigenvalue weighted by molar-refractivity contribution is -0.131. The van der Waals surface area contributed by atoms with Gasteiger partial charge in [0, 0.05) is 43.9 Å². The minimum atomic E-state index is 0.197. The number of aryl methyl sites for hydroxylation is 1. The van der Waals surface area contributed by atoms with Crippen LogP contribution in [0.15, 0.2) is 6.20 Å². The Morgan fingerprint density at radius 2 is 2.42 bits per heavy atom. The molecule has 5 nitrogen and oxygen atoms in total. The van der Waals surface area contributed by atoms with E-state index in [-0.39, 0.29) is 5.91 Å². The summed E-state index contributed by atoms with van der Waals surface area (Å²) in [6.45, 7) is 8.51. The molecule has 19 heavy (non-hydrogen) atoms. The summed E-state index contributed by atoms with van der Waals surface area (Å²) in [6, 6.07) is 0.495. The van der Waals surface area contributed by atoms with Crippen LogP contribution < -0.4 is 5.32 Å². The molecule has 1 aromatic heterocycles. The minimum Gasteiger partial charge on any atom is -0.343 e. The summed E-state index contributed by atoms with van der Waals surface area (Å²) < 4.78 is 0. The molecule has 2 atom stereocenters. The highest BCUT2D eigenvalue weighted by Gasteiger charge is 2.28. The zero-order chi connectivity index (χ0) is 13.8. The topological polar surface area (TPSA) is 61.0 Å². The summed E-state index contributed by atoms with van der Waals surface area (Å²) in [5.41, 5.74) is 2.35. The minimum absolute atomic E-state index is 0.197. The maximum Gasteiger partial charge on any atom is 0.219 e. The van der Waals surface area contributed by atoms with Crippen molar-refractivity contribution in [1.29, 1.82) is 0 Å². The van der Waals surface area contributed by atoms with E-state index in [9.17, 15) is 4.79 Å². The number of carbonyl (C=O) groups excluding carboxylic acids is 1. The lowest BCUT2D eigenvalue weighted by Crippen LogP contribution is -2.50. The Bertz CT molecular complexity index is 429. The third-order valence-electron chi connectivity index (χ3n) is 4.19. The van der Waals surface area contributed by atoms with Gasteiger partial charge in [-0.15, -0.1) is 0 Å². The molecule has 2 rings (SSSR count). The molecule has 2 heterocycles. The van der Waals surface area contributed by atoms with E-state index in [0.717, 1.165) is 38.2 Å². The molecule has 5 heteroatoms. The normalized spacial score (nSPS) is 23.6. The molecular formula is C14H24N4O. The lowest BCUT2D eigenvalue weighted by Gasteiger charge is -2.38. The molecule has 1 aliphatic heterocycles. The number of rotatable bonds is 4. The Balaban J connectivity index is 1.90. The zero-order valence-electron chi connectivity index (χ0n) is 12.1. The predicted molar refractivity (Wildman–Crippen MR) is 74.6 cm³/mol. The third-order valence-corrected chi connectivity index (χ3v) is 4.19. The van der Waals surface area contributed by atoms with Crippen molar-refractivity contribution < 1.29 is 4.79 Å². The highest BCUT2D eigenvalue weighted by atomic mass is 16.2. The van der Waals surface area contributed by atoms with E-state index < -0.39 is 0 Å². The number of carbonyl (C=O) groups is 1. The van der Waals surface area contributed by atoms with Crippen molar-refractivity contribution in [2.24, 2.45) is 5.92 Å². The van der Waals surface area contributed by atoms with Gasteiger partial charge in [0.25, 0.3) is 0 Å². The van der Waals surface area contributed by atoms with Gasteiger partial charge in [-0.3, -0.25) is 9.89 Å². The standard InChI is InChI=1S/C14H24N4O/c1-4-12-9-18(11(3)19)6-5-14(12)15-7-13-8-16-17-10(13)2/h8,12,14-15H,4-7,9H2,1-3H3,(H,16,17). The number of amides is 1. The smallest absolute Gasteiger partial charge is 0.219 e. The molecule has 1 aromatic rings. The van der Waals surface area contributed by atoms with Gasteiger partial charge in [0.2, 0.25) is 5.91 Å². The van der Waals surface area contributed by atoms with Crippen molar-refractivity contribution >= 4 is 5.91 Å². The highest BCUT2D eigenvalue weighted by molar-refractivity contribution is 5.73. The molecule has 2 unspecified atom stereocenters. The molecule has 0 spiro atoms. The van der Waals surface area contributed by atoms with Gasteiger partial charge in [-0.05, 0) is 19.3 Å². The van der Waals surface area contributed by atoms with Gasteiger partial charge in [-0.25, -0.2) is 0 Å². The summed E-state index contributed by atoms with van der Waals surface area (Å²) in [5.74, 6) is 0.743. The average Bonchev–Trinajstić information content (AvgIpc) is 2.81. The second kappa shape index (κ2) is 6.19. The predicted octanol–water partition coefficient (Wildman–Crippen LogP) is 1.45. The summed E-state index contributed by atoms with van der Waals surface area (Å²) in [6.07, 6.45) is 4.02. The van der Waals surface area contributed by atoms with Gasteiger partial charge >= 0.3 is 0 Å². The average molecular weight is 264 g/mol. The van der Waals surface area contributed by atoms with Crippen LogP contribution in [0.5, 0.6) is 0 Å². The van der Waals surface area contributed by atoms with E-state index in [4.69, 9.17) is 0 Å². The van der Waals surface area contributed by atoms with E-state index >= 15 is 0 Å². The Morgan fingerprint density at radius 1 is 1.63 bits per heavy atom. The number of piperidine rings is 1. The summed E-state index contributed by atoms with van der Waals surface area (Å²) in [5, 5.41) is 10.6. The van der Waals surface area contributed by atoms with E-state index in [0.29, 0.717) is 12.0 Å². The zero-order valence-corrected chi connectivity index (χ0v) is 12.1. The largest absolute Gasteiger partial charge is 0.343 e. The molecule has 0 radical (unpaired) electrons. The van der Waals surface area contributed by atoms with Crippen molar-refractivity contribution in [3.8, 4) is 0 Å². The molecule has 1 saturated heterocycles. The summed E-state index contributed by atoms with van der Waals surface area (Å²) in [4.78, 5) is 13.4. The molecule has 0 saturated carbocycles. The quantitative estimate of drug-likeness (QED) is 0.865. The van der Waals surface area contributed by atoms with Gasteiger partial charge in [-0.2, -0.15) is 5.10 Å². The van der Waals surface area contributed by atoms with Crippen LogP contribution >= 0.6 is 0 Å². The molecule has 1 fully saturated rings. The Hall–Kier alpha value is -1.36. The first kappa shape index (κ1) is 14.1. The van der Waals surface area contributed by atoms with Crippen LogP contribution in [0.25, 0.3) is 0 Å². The SMILES string of the molecule is CCC1CN(C(C)=O)CCC1NCc1cn[nH]c1C. The molecule has 106 valence electrons. The van der Waals surface area contributed by atoms with Crippen LogP contribution in [-0.2, 0) is 11.3 Å². The Morgan fingerprint density at radius 3 is 3.00 bits per heavy atom. The van der Waals surface area contributed by atoms with Crippen molar-refractivity contribution in [3.63, 3.8) is 0 Å².